The van der Waals surface area contributed by atoms with Crippen molar-refractivity contribution >= 4 is 50.7 Å². The first-order valence-electron chi connectivity index (χ1n) is 5.04. The van der Waals surface area contributed by atoms with Gasteiger partial charge in [-0.25, -0.2) is 4.39 Å². The molecular weight excluding hydrogens is 358 g/mol. The first-order chi connectivity index (χ1) is 8.97. The Labute approximate surface area is 126 Å². The minimum Gasteiger partial charge on any atom is -0.322 e. The second-order valence-electron chi connectivity index (χ2n) is 3.60. The molecule has 1 aromatic heterocycles. The van der Waals surface area contributed by atoms with Crippen molar-refractivity contribution in [3.05, 3.63) is 56.5 Å². The van der Waals surface area contributed by atoms with Crippen LogP contribution in [-0.2, 0) is 0 Å². The van der Waals surface area contributed by atoms with Crippen LogP contribution in [0, 0.1) is 5.82 Å². The van der Waals surface area contributed by atoms with Crippen LogP contribution in [0.25, 0.3) is 0 Å². The number of nitrogens with zero attached hydrogens (tertiary/aromatic N) is 1. The van der Waals surface area contributed by atoms with Crippen LogP contribution in [0.3, 0.4) is 0 Å². The number of hydrogen-bond donors (Lipinski definition) is 1. The molecule has 1 N–H and O–H groups in total. The lowest BCUT2D eigenvalue weighted by Gasteiger charge is -2.07. The summed E-state index contributed by atoms with van der Waals surface area (Å²) in [5.41, 5.74) is 0.660. The number of halogens is 4. The number of hydrogen-bond acceptors (Lipinski definition) is 2. The Morgan fingerprint density at radius 2 is 1.84 bits per heavy atom. The normalized spacial score (nSPS) is 10.3. The van der Waals surface area contributed by atoms with Crippen LogP contribution in [0.4, 0.5) is 10.1 Å². The van der Waals surface area contributed by atoms with Crippen molar-refractivity contribution in [3.8, 4) is 0 Å². The molecule has 0 atom stereocenters. The molecule has 2 aromatic rings. The van der Waals surface area contributed by atoms with Gasteiger partial charge in [0.2, 0.25) is 0 Å². The topological polar surface area (TPSA) is 42.0 Å². The van der Waals surface area contributed by atoms with Gasteiger partial charge in [0.25, 0.3) is 5.91 Å². The maximum absolute atomic E-state index is 13.2. The molecule has 98 valence electrons. The van der Waals surface area contributed by atoms with Crippen molar-refractivity contribution in [2.24, 2.45) is 0 Å². The van der Waals surface area contributed by atoms with Gasteiger partial charge in [0, 0.05) is 22.6 Å². The van der Waals surface area contributed by atoms with E-state index in [4.69, 9.17) is 23.2 Å². The fourth-order valence-electron chi connectivity index (χ4n) is 1.37. The van der Waals surface area contributed by atoms with Gasteiger partial charge in [-0.05, 0) is 34.1 Å². The highest BCUT2D eigenvalue weighted by atomic mass is 79.9. The number of nitrogens with one attached hydrogen (secondary N) is 1. The molecule has 1 amide bonds. The van der Waals surface area contributed by atoms with E-state index in [9.17, 15) is 9.18 Å². The molecule has 3 nitrogen and oxygen atoms in total. The number of carbonyl (C=O) groups is 1. The summed E-state index contributed by atoms with van der Waals surface area (Å²) in [6, 6.07) is 4.17. The molecule has 0 spiro atoms. The summed E-state index contributed by atoms with van der Waals surface area (Å²) in [5.74, 6) is -1.11. The van der Waals surface area contributed by atoms with Gasteiger partial charge in [-0.2, -0.15) is 0 Å². The maximum Gasteiger partial charge on any atom is 0.257 e. The number of pyridine rings is 1. The lowest BCUT2D eigenvalue weighted by Crippen LogP contribution is -2.12. The quantitative estimate of drug-likeness (QED) is 0.795. The van der Waals surface area contributed by atoms with Crippen molar-refractivity contribution < 1.29 is 9.18 Å². The molecule has 0 unspecified atom stereocenters. The molecule has 0 aliphatic rings. The number of anilines is 1. The number of aromatic nitrogens is 1. The number of amides is 1. The van der Waals surface area contributed by atoms with Crippen LogP contribution in [-0.4, -0.2) is 10.9 Å². The Hall–Kier alpha value is -1.17. The van der Waals surface area contributed by atoms with E-state index in [1.165, 1.54) is 18.3 Å². The summed E-state index contributed by atoms with van der Waals surface area (Å²) < 4.78 is 13.9. The molecule has 0 saturated carbocycles. The Bertz CT molecular complexity index is 628. The van der Waals surface area contributed by atoms with E-state index in [2.05, 4.69) is 26.2 Å². The van der Waals surface area contributed by atoms with E-state index in [0.717, 1.165) is 0 Å². The van der Waals surface area contributed by atoms with Gasteiger partial charge in [0.05, 0.1) is 15.6 Å². The number of rotatable bonds is 2. The van der Waals surface area contributed by atoms with Crippen molar-refractivity contribution in [3.63, 3.8) is 0 Å². The second-order valence-corrected chi connectivity index (χ2v) is 5.33. The standard InChI is InChI=1S/C12H6BrCl2FN2O/c13-7-1-6(4-17-5-7)12(19)18-8-2-9(14)11(16)10(15)3-8/h1-5H,(H,18,19). The van der Waals surface area contributed by atoms with Gasteiger partial charge < -0.3 is 5.32 Å². The number of carbonyl (C=O) groups excluding carboxylic acids is 1. The summed E-state index contributed by atoms with van der Waals surface area (Å²) in [6.45, 7) is 0. The molecule has 0 fully saturated rings. The smallest absolute Gasteiger partial charge is 0.257 e. The van der Waals surface area contributed by atoms with Crippen molar-refractivity contribution in [1.29, 1.82) is 0 Å². The molecule has 0 saturated heterocycles. The summed E-state index contributed by atoms with van der Waals surface area (Å²) in [7, 11) is 0. The van der Waals surface area contributed by atoms with E-state index in [1.54, 1.807) is 12.3 Å². The molecule has 1 heterocycles. The van der Waals surface area contributed by atoms with E-state index >= 15 is 0 Å². The van der Waals surface area contributed by atoms with Crippen LogP contribution < -0.4 is 5.32 Å². The minimum atomic E-state index is -0.717. The third-order valence-corrected chi connectivity index (χ3v) is 3.19. The van der Waals surface area contributed by atoms with Crippen molar-refractivity contribution in [1.82, 2.24) is 4.98 Å². The third-order valence-electron chi connectivity index (χ3n) is 2.21. The summed E-state index contributed by atoms with van der Waals surface area (Å²) >= 11 is 14.5. The van der Waals surface area contributed by atoms with E-state index in [-0.39, 0.29) is 10.0 Å². The third kappa shape index (κ3) is 3.43. The van der Waals surface area contributed by atoms with Gasteiger partial charge in [-0.3, -0.25) is 9.78 Å². The lowest BCUT2D eigenvalue weighted by atomic mass is 10.2. The zero-order valence-corrected chi connectivity index (χ0v) is 12.4. The van der Waals surface area contributed by atoms with Crippen LogP contribution in [0.1, 0.15) is 10.4 Å². The van der Waals surface area contributed by atoms with Gasteiger partial charge in [-0.1, -0.05) is 23.2 Å². The first-order valence-corrected chi connectivity index (χ1v) is 6.58. The molecule has 2 rings (SSSR count). The molecule has 7 heteroatoms. The van der Waals surface area contributed by atoms with Crippen molar-refractivity contribution in [2.75, 3.05) is 5.32 Å². The van der Waals surface area contributed by atoms with Gasteiger partial charge >= 0.3 is 0 Å². The zero-order chi connectivity index (χ0) is 14.0. The van der Waals surface area contributed by atoms with Crippen LogP contribution >= 0.6 is 39.1 Å². The minimum absolute atomic E-state index is 0.157. The van der Waals surface area contributed by atoms with E-state index in [0.29, 0.717) is 15.7 Å². The second kappa shape index (κ2) is 5.86. The Morgan fingerprint density at radius 1 is 1.21 bits per heavy atom. The fraction of sp³-hybridized carbons (Fsp3) is 0. The van der Waals surface area contributed by atoms with Gasteiger partial charge in [-0.15, -0.1) is 0 Å². The molecule has 0 radical (unpaired) electrons. The predicted octanol–water partition coefficient (Wildman–Crippen LogP) is 4.54. The summed E-state index contributed by atoms with van der Waals surface area (Å²) in [5, 5.41) is 2.24. The van der Waals surface area contributed by atoms with Gasteiger partial charge in [0.1, 0.15) is 0 Å². The molecule has 0 aliphatic carbocycles. The average Bonchev–Trinajstić information content (AvgIpc) is 2.36. The maximum atomic E-state index is 13.2. The molecule has 1 aromatic carbocycles. The Morgan fingerprint density at radius 3 is 2.42 bits per heavy atom. The van der Waals surface area contributed by atoms with E-state index < -0.39 is 11.7 Å². The number of benzene rings is 1. The SMILES string of the molecule is O=C(Nc1cc(Cl)c(F)c(Cl)c1)c1cncc(Br)c1. The fourth-order valence-corrected chi connectivity index (χ4v) is 2.22. The van der Waals surface area contributed by atoms with E-state index in [1.807, 2.05) is 0 Å². The summed E-state index contributed by atoms with van der Waals surface area (Å²) in [6.07, 6.45) is 2.97. The highest BCUT2D eigenvalue weighted by molar-refractivity contribution is 9.10. The first kappa shape index (κ1) is 14.2. The molecule has 0 bridgehead atoms. The van der Waals surface area contributed by atoms with Crippen LogP contribution in [0.15, 0.2) is 35.1 Å². The van der Waals surface area contributed by atoms with Crippen LogP contribution in [0.5, 0.6) is 0 Å². The Balaban J connectivity index is 2.24. The molecular formula is C12H6BrCl2FN2O. The van der Waals surface area contributed by atoms with Crippen molar-refractivity contribution in [2.45, 2.75) is 0 Å². The summed E-state index contributed by atoms with van der Waals surface area (Å²) in [4.78, 5) is 15.8. The highest BCUT2D eigenvalue weighted by Gasteiger charge is 2.11. The monoisotopic (exact) mass is 362 g/mol. The zero-order valence-electron chi connectivity index (χ0n) is 9.25. The molecule has 19 heavy (non-hydrogen) atoms. The highest BCUT2D eigenvalue weighted by Crippen LogP contribution is 2.27. The Kier molecular flexibility index (Phi) is 4.39. The predicted molar refractivity (Wildman–Crippen MR) is 76.3 cm³/mol. The largest absolute Gasteiger partial charge is 0.322 e. The average molecular weight is 364 g/mol. The lowest BCUT2D eigenvalue weighted by molar-refractivity contribution is 0.102. The van der Waals surface area contributed by atoms with Gasteiger partial charge in [0.15, 0.2) is 5.82 Å². The van der Waals surface area contributed by atoms with Crippen LogP contribution in [0.2, 0.25) is 10.0 Å². The molecule has 0 aliphatic heterocycles.